The van der Waals surface area contributed by atoms with Gasteiger partial charge in [-0.2, -0.15) is 10.2 Å². The average Bonchev–Trinajstić information content (AvgIpc) is 2.98. The molecule has 0 fully saturated rings. The number of nitrogen functional groups attached to an aromatic ring is 1. The molecule has 2 aromatic rings. The molecule has 0 saturated carbocycles. The Morgan fingerprint density at radius 1 is 1.35 bits per heavy atom. The highest BCUT2D eigenvalue weighted by Crippen LogP contribution is 2.10. The van der Waals surface area contributed by atoms with Crippen molar-refractivity contribution < 1.29 is 4.79 Å². The van der Waals surface area contributed by atoms with Crippen molar-refractivity contribution in [3.05, 3.63) is 29.3 Å². The van der Waals surface area contributed by atoms with Gasteiger partial charge in [0.05, 0.1) is 11.4 Å². The predicted octanol–water partition coefficient (Wildman–Crippen LogP) is 0.711. The highest BCUT2D eigenvalue weighted by molar-refractivity contribution is 5.96. The molecule has 0 saturated heterocycles. The number of nitrogens with zero attached hydrogens (tertiary/aromatic N) is 4. The Kier molecular flexibility index (Phi) is 4.07. The second-order valence-electron chi connectivity index (χ2n) is 4.60. The van der Waals surface area contributed by atoms with E-state index in [0.29, 0.717) is 18.8 Å². The van der Waals surface area contributed by atoms with Crippen LogP contribution in [-0.2, 0) is 26.6 Å². The van der Waals surface area contributed by atoms with Gasteiger partial charge in [0.25, 0.3) is 5.91 Å². The average molecular weight is 276 g/mol. The van der Waals surface area contributed by atoms with Gasteiger partial charge in [-0.05, 0) is 13.3 Å². The van der Waals surface area contributed by atoms with Gasteiger partial charge < -0.3 is 11.1 Å². The summed E-state index contributed by atoms with van der Waals surface area (Å²) in [4.78, 5) is 12.1. The van der Waals surface area contributed by atoms with E-state index in [1.807, 2.05) is 27.1 Å². The first-order chi connectivity index (χ1) is 9.55. The molecular weight excluding hydrogens is 256 g/mol. The Morgan fingerprint density at radius 3 is 2.70 bits per heavy atom. The Labute approximate surface area is 117 Å². The molecule has 0 unspecified atom stereocenters. The molecule has 0 aliphatic rings. The van der Waals surface area contributed by atoms with Gasteiger partial charge in [-0.25, -0.2) is 0 Å². The van der Waals surface area contributed by atoms with E-state index in [1.54, 1.807) is 15.6 Å². The van der Waals surface area contributed by atoms with Crippen LogP contribution in [0.15, 0.2) is 12.4 Å². The molecule has 3 N–H and O–H groups in total. The van der Waals surface area contributed by atoms with Gasteiger partial charge in [0.15, 0.2) is 5.69 Å². The number of aromatic nitrogens is 4. The summed E-state index contributed by atoms with van der Waals surface area (Å²) >= 11 is 0. The molecule has 2 rings (SSSR count). The van der Waals surface area contributed by atoms with E-state index in [-0.39, 0.29) is 11.6 Å². The van der Waals surface area contributed by atoms with Crippen LogP contribution in [0, 0.1) is 0 Å². The molecule has 1 amide bonds. The number of nitrogens with one attached hydrogen (secondary N) is 1. The van der Waals surface area contributed by atoms with Gasteiger partial charge in [0, 0.05) is 38.1 Å². The van der Waals surface area contributed by atoms with Gasteiger partial charge in [-0.3, -0.25) is 14.2 Å². The Bertz CT molecular complexity index is 612. The zero-order chi connectivity index (χ0) is 14.7. The molecule has 108 valence electrons. The fraction of sp³-hybridized carbons (Fsp3) is 0.462. The molecule has 7 heteroatoms. The van der Waals surface area contributed by atoms with Crippen LogP contribution in [0.3, 0.4) is 0 Å². The highest BCUT2D eigenvalue weighted by atomic mass is 16.2. The van der Waals surface area contributed by atoms with E-state index < -0.39 is 0 Å². The molecular formula is C13H20N6O. The molecule has 2 aromatic heterocycles. The summed E-state index contributed by atoms with van der Waals surface area (Å²) in [5.41, 5.74) is 8.45. The highest BCUT2D eigenvalue weighted by Gasteiger charge is 2.15. The van der Waals surface area contributed by atoms with Crippen molar-refractivity contribution in [2.24, 2.45) is 7.05 Å². The van der Waals surface area contributed by atoms with Crippen LogP contribution in [-0.4, -0.2) is 25.5 Å². The quantitative estimate of drug-likeness (QED) is 0.841. The minimum absolute atomic E-state index is 0.263. The maximum Gasteiger partial charge on any atom is 0.274 e. The van der Waals surface area contributed by atoms with Crippen LogP contribution < -0.4 is 11.1 Å². The van der Waals surface area contributed by atoms with Crippen LogP contribution in [0.4, 0.5) is 5.69 Å². The van der Waals surface area contributed by atoms with Crippen LogP contribution in [0.25, 0.3) is 0 Å². The van der Waals surface area contributed by atoms with E-state index in [1.165, 1.54) is 0 Å². The zero-order valence-electron chi connectivity index (χ0n) is 12.1. The van der Waals surface area contributed by atoms with Crippen molar-refractivity contribution in [1.82, 2.24) is 24.9 Å². The van der Waals surface area contributed by atoms with Crippen molar-refractivity contribution in [2.75, 3.05) is 5.73 Å². The smallest absolute Gasteiger partial charge is 0.274 e. The topological polar surface area (TPSA) is 90.8 Å². The summed E-state index contributed by atoms with van der Waals surface area (Å²) in [5.74, 6) is -0.263. The molecule has 0 radical (unpaired) electrons. The summed E-state index contributed by atoms with van der Waals surface area (Å²) in [5, 5.41) is 11.3. The lowest BCUT2D eigenvalue weighted by molar-refractivity contribution is 0.0946. The number of nitrogens with two attached hydrogens (primary N) is 1. The van der Waals surface area contributed by atoms with Crippen LogP contribution in [0.2, 0.25) is 0 Å². The molecule has 20 heavy (non-hydrogen) atoms. The molecule has 2 heterocycles. The van der Waals surface area contributed by atoms with E-state index in [4.69, 9.17) is 5.73 Å². The fourth-order valence-electron chi connectivity index (χ4n) is 2.06. The standard InChI is InChI=1S/C13H20N6O/c1-4-11-9(7-18(3)16-11)6-15-13(20)12-10(14)8-19(5-2)17-12/h7-8H,4-6,14H2,1-3H3,(H,15,20). The number of carbonyl (C=O) groups is 1. The molecule has 0 aliphatic heterocycles. The zero-order valence-corrected chi connectivity index (χ0v) is 12.1. The van der Waals surface area contributed by atoms with Gasteiger partial charge >= 0.3 is 0 Å². The van der Waals surface area contributed by atoms with Crippen LogP contribution in [0.1, 0.15) is 35.6 Å². The molecule has 0 aliphatic carbocycles. The lowest BCUT2D eigenvalue weighted by Crippen LogP contribution is -2.24. The van der Waals surface area contributed by atoms with E-state index >= 15 is 0 Å². The van der Waals surface area contributed by atoms with Gasteiger partial charge in [0.1, 0.15) is 0 Å². The minimum Gasteiger partial charge on any atom is -0.396 e. The minimum atomic E-state index is -0.263. The van der Waals surface area contributed by atoms with Crippen molar-refractivity contribution in [2.45, 2.75) is 33.4 Å². The SMILES string of the molecule is CCc1nn(C)cc1CNC(=O)c1nn(CC)cc1N. The maximum atomic E-state index is 12.1. The predicted molar refractivity (Wildman–Crippen MR) is 76.1 cm³/mol. The molecule has 7 nitrogen and oxygen atoms in total. The van der Waals surface area contributed by atoms with E-state index in [0.717, 1.165) is 17.7 Å². The Morgan fingerprint density at radius 2 is 2.10 bits per heavy atom. The summed E-state index contributed by atoms with van der Waals surface area (Å²) in [7, 11) is 1.87. The Balaban J connectivity index is 2.06. The third-order valence-corrected chi connectivity index (χ3v) is 3.10. The number of hydrogen-bond acceptors (Lipinski definition) is 4. The number of carbonyl (C=O) groups excluding carboxylic acids is 1. The first kappa shape index (κ1) is 14.1. The number of anilines is 1. The lowest BCUT2D eigenvalue weighted by atomic mass is 10.2. The third-order valence-electron chi connectivity index (χ3n) is 3.10. The van der Waals surface area contributed by atoms with Gasteiger partial charge in [0.2, 0.25) is 0 Å². The van der Waals surface area contributed by atoms with E-state index in [9.17, 15) is 4.79 Å². The normalized spacial score (nSPS) is 10.8. The Hall–Kier alpha value is -2.31. The number of rotatable bonds is 5. The summed E-state index contributed by atoms with van der Waals surface area (Å²) in [6.07, 6.45) is 4.40. The second-order valence-corrected chi connectivity index (χ2v) is 4.60. The van der Waals surface area contributed by atoms with Crippen molar-refractivity contribution in [3.8, 4) is 0 Å². The van der Waals surface area contributed by atoms with Gasteiger partial charge in [-0.15, -0.1) is 0 Å². The molecule has 0 spiro atoms. The summed E-state index contributed by atoms with van der Waals surface area (Å²) in [6.45, 7) is 5.08. The first-order valence-electron chi connectivity index (χ1n) is 6.67. The third kappa shape index (κ3) is 2.81. The molecule has 0 atom stereocenters. The number of aryl methyl sites for hydroxylation is 3. The maximum absolute atomic E-state index is 12.1. The van der Waals surface area contributed by atoms with E-state index in [2.05, 4.69) is 15.5 Å². The molecule has 0 bridgehead atoms. The fourth-order valence-corrected chi connectivity index (χ4v) is 2.06. The van der Waals surface area contributed by atoms with Crippen molar-refractivity contribution in [3.63, 3.8) is 0 Å². The summed E-state index contributed by atoms with van der Waals surface area (Å²) < 4.78 is 3.40. The number of hydrogen-bond donors (Lipinski definition) is 2. The largest absolute Gasteiger partial charge is 0.396 e. The second kappa shape index (κ2) is 5.77. The molecule has 0 aromatic carbocycles. The van der Waals surface area contributed by atoms with Crippen molar-refractivity contribution >= 4 is 11.6 Å². The summed E-state index contributed by atoms with van der Waals surface area (Å²) in [6, 6.07) is 0. The van der Waals surface area contributed by atoms with Crippen LogP contribution in [0.5, 0.6) is 0 Å². The lowest BCUT2D eigenvalue weighted by Gasteiger charge is -2.03. The van der Waals surface area contributed by atoms with Gasteiger partial charge in [-0.1, -0.05) is 6.92 Å². The van der Waals surface area contributed by atoms with Crippen molar-refractivity contribution in [1.29, 1.82) is 0 Å². The number of amides is 1. The van der Waals surface area contributed by atoms with Crippen LogP contribution >= 0.6 is 0 Å². The first-order valence-corrected chi connectivity index (χ1v) is 6.67. The monoisotopic (exact) mass is 276 g/mol.